The van der Waals surface area contributed by atoms with Crippen LogP contribution in [0.4, 0.5) is 34.1 Å². The molecule has 0 bridgehead atoms. The van der Waals surface area contributed by atoms with Crippen LogP contribution >= 0.6 is 0 Å². The van der Waals surface area contributed by atoms with Gasteiger partial charge in [-0.25, -0.2) is 4.79 Å². The molecule has 0 atom stereocenters. The van der Waals surface area contributed by atoms with Gasteiger partial charge >= 0.3 is 11.9 Å². The smallest absolute Gasteiger partial charge is 0.333 e. The Morgan fingerprint density at radius 1 is 0.500 bits per heavy atom. The summed E-state index contributed by atoms with van der Waals surface area (Å²) in [5.41, 5.74) is 10.5. The van der Waals surface area contributed by atoms with E-state index in [9.17, 15) is 9.59 Å². The third kappa shape index (κ3) is 10.8. The van der Waals surface area contributed by atoms with Crippen molar-refractivity contribution in [3.63, 3.8) is 0 Å². The minimum Gasteiger partial charge on any atom is -0.465 e. The number of esters is 2. The largest absolute Gasteiger partial charge is 0.465 e. The summed E-state index contributed by atoms with van der Waals surface area (Å²) in [4.78, 5) is 28.5. The van der Waals surface area contributed by atoms with Crippen LogP contribution in [0, 0.1) is 19.3 Å². The Morgan fingerprint density at radius 3 is 1.14 bits per heavy atom. The lowest BCUT2D eigenvalue weighted by Gasteiger charge is -2.26. The van der Waals surface area contributed by atoms with E-state index >= 15 is 0 Å². The van der Waals surface area contributed by atoms with E-state index in [1.165, 1.54) is 11.1 Å². The third-order valence-corrected chi connectivity index (χ3v) is 9.61. The van der Waals surface area contributed by atoms with Crippen LogP contribution in [-0.2, 0) is 31.9 Å². The first kappa shape index (κ1) is 41.0. The normalized spacial score (nSPS) is 11.1. The molecule has 7 nitrogen and oxygen atoms in total. The Bertz CT molecular complexity index is 2240. The van der Waals surface area contributed by atoms with Crippen molar-refractivity contribution in [2.75, 3.05) is 23.0 Å². The number of nitrogens with zero attached hydrogens (tertiary/aromatic N) is 2. The molecule has 0 aliphatic carbocycles. The number of rotatable bonds is 15. The second-order valence-corrected chi connectivity index (χ2v) is 15.6. The van der Waals surface area contributed by atoms with Crippen LogP contribution in [0.15, 0.2) is 158 Å². The maximum atomic E-state index is 12.3. The quantitative estimate of drug-likeness (QED) is 0.0760. The molecule has 0 radical (unpaired) electrons. The monoisotopic (exact) mass is 772 g/mol. The first-order chi connectivity index (χ1) is 27.8. The van der Waals surface area contributed by atoms with Gasteiger partial charge < -0.3 is 24.0 Å². The fraction of sp³-hybridized carbons (Fsp3) is 0.216. The zero-order valence-electron chi connectivity index (χ0n) is 34.3. The molecule has 0 spiro atoms. The van der Waals surface area contributed by atoms with Crippen molar-refractivity contribution in [3.05, 3.63) is 180 Å². The Kier molecular flexibility index (Phi) is 13.1. The maximum Gasteiger partial charge on any atom is 0.333 e. The average Bonchev–Trinajstić information content (AvgIpc) is 3.21. The molecule has 6 aromatic carbocycles. The molecule has 0 heterocycles. The second kappa shape index (κ2) is 18.6. The predicted molar refractivity (Wildman–Crippen MR) is 235 cm³/mol. The van der Waals surface area contributed by atoms with Gasteiger partial charge in [0.2, 0.25) is 0 Å². The molecule has 6 rings (SSSR count). The van der Waals surface area contributed by atoms with Crippen LogP contribution in [0.25, 0.3) is 0 Å². The number of anilines is 6. The van der Waals surface area contributed by atoms with Crippen molar-refractivity contribution in [3.8, 4) is 11.5 Å². The number of carbonyl (C=O) groups is 2. The molecule has 0 saturated carbocycles. The van der Waals surface area contributed by atoms with E-state index in [-0.39, 0.29) is 18.5 Å². The van der Waals surface area contributed by atoms with Crippen molar-refractivity contribution in [1.82, 2.24) is 0 Å². The zero-order valence-corrected chi connectivity index (χ0v) is 34.3. The van der Waals surface area contributed by atoms with Crippen LogP contribution in [0.5, 0.6) is 11.5 Å². The van der Waals surface area contributed by atoms with Crippen LogP contribution in [-0.4, -0.2) is 25.2 Å². The van der Waals surface area contributed by atoms with Gasteiger partial charge in [-0.15, -0.1) is 0 Å². The summed E-state index contributed by atoms with van der Waals surface area (Å²) >= 11 is 0. The molecule has 0 N–H and O–H groups in total. The van der Waals surface area contributed by atoms with Crippen molar-refractivity contribution >= 4 is 46.1 Å². The Labute approximate surface area is 343 Å². The van der Waals surface area contributed by atoms with Gasteiger partial charge in [-0.1, -0.05) is 66.2 Å². The van der Waals surface area contributed by atoms with Crippen molar-refractivity contribution < 1.29 is 23.8 Å². The number of benzene rings is 6. The van der Waals surface area contributed by atoms with E-state index in [0.29, 0.717) is 30.8 Å². The molecule has 0 amide bonds. The number of ether oxygens (including phenoxy) is 3. The second-order valence-electron chi connectivity index (χ2n) is 15.6. The highest BCUT2D eigenvalue weighted by Crippen LogP contribution is 2.38. The minimum atomic E-state index is -0.536. The summed E-state index contributed by atoms with van der Waals surface area (Å²) in [6.45, 7) is 15.7. The van der Waals surface area contributed by atoms with Crippen molar-refractivity contribution in [2.45, 2.75) is 54.4 Å². The molecule has 0 aliphatic heterocycles. The molecule has 6 aromatic rings. The highest BCUT2D eigenvalue weighted by molar-refractivity contribution is 5.87. The Balaban J connectivity index is 1.20. The van der Waals surface area contributed by atoms with Gasteiger partial charge in [0.1, 0.15) is 11.5 Å². The molecule has 0 aliphatic rings. The fourth-order valence-corrected chi connectivity index (χ4v) is 6.23. The van der Waals surface area contributed by atoms with Gasteiger partial charge in [-0.3, -0.25) is 4.79 Å². The highest BCUT2D eigenvalue weighted by atomic mass is 16.5. The first-order valence-corrected chi connectivity index (χ1v) is 19.6. The van der Waals surface area contributed by atoms with Crippen LogP contribution < -0.4 is 14.5 Å². The number of carbonyl (C=O) groups excluding carboxylic acids is 2. The van der Waals surface area contributed by atoms with Gasteiger partial charge in [0.25, 0.3) is 0 Å². The van der Waals surface area contributed by atoms with Crippen LogP contribution in [0.3, 0.4) is 0 Å². The Morgan fingerprint density at radius 2 is 0.810 bits per heavy atom. The number of hydrogen-bond donors (Lipinski definition) is 0. The van der Waals surface area contributed by atoms with Gasteiger partial charge in [-0.2, -0.15) is 0 Å². The fourth-order valence-electron chi connectivity index (χ4n) is 6.23. The lowest BCUT2D eigenvalue weighted by molar-refractivity contribution is -0.152. The summed E-state index contributed by atoms with van der Waals surface area (Å²) in [5.74, 6) is 0.852. The lowest BCUT2D eigenvalue weighted by Crippen LogP contribution is -2.23. The number of aryl methyl sites for hydroxylation is 2. The molecule has 0 saturated heterocycles. The van der Waals surface area contributed by atoms with Gasteiger partial charge in [-0.05, 0) is 150 Å². The molecular formula is C51H52N2O5. The molecule has 296 valence electrons. The average molecular weight is 773 g/mol. The molecular weight excluding hydrogens is 721 g/mol. The third-order valence-electron chi connectivity index (χ3n) is 9.61. The number of hydrogen-bond acceptors (Lipinski definition) is 7. The summed E-state index contributed by atoms with van der Waals surface area (Å²) in [5, 5.41) is 0. The standard InChI is InChI=1S/C51H52N2O5/c1-36(2)49(54)56-34-32-39-12-20-43(21-13-39)53(44-22-14-40(15-23-44)33-35-57-50(55)51(5,6)7)46-26-30-48(31-27-46)58-47-28-24-45(25-29-47)52(41-16-8-37(3)9-17-41)42-18-10-38(4)11-19-42/h8-31H,1,32-35H2,2-7H3. The topological polar surface area (TPSA) is 68.3 Å². The maximum absolute atomic E-state index is 12.3. The van der Waals surface area contributed by atoms with Gasteiger partial charge in [0.05, 0.1) is 18.6 Å². The summed E-state index contributed by atoms with van der Waals surface area (Å²) in [7, 11) is 0. The molecule has 0 unspecified atom stereocenters. The summed E-state index contributed by atoms with van der Waals surface area (Å²) in [6, 6.07) is 49.8. The Hall–Kier alpha value is -6.60. The van der Waals surface area contributed by atoms with Crippen molar-refractivity contribution in [2.24, 2.45) is 5.41 Å². The minimum absolute atomic E-state index is 0.208. The summed E-state index contributed by atoms with van der Waals surface area (Å²) < 4.78 is 17.2. The van der Waals surface area contributed by atoms with E-state index in [1.54, 1.807) is 6.92 Å². The molecule has 7 heteroatoms. The summed E-state index contributed by atoms with van der Waals surface area (Å²) in [6.07, 6.45) is 1.21. The molecule has 0 fully saturated rings. The highest BCUT2D eigenvalue weighted by Gasteiger charge is 2.23. The SMILES string of the molecule is C=C(C)C(=O)OCCc1ccc(N(c2ccc(CCOC(=O)C(C)(C)C)cc2)c2ccc(Oc3ccc(N(c4ccc(C)cc4)c4ccc(C)cc4)cc3)cc2)cc1. The van der Waals surface area contributed by atoms with E-state index in [1.807, 2.05) is 57.2 Å². The van der Waals surface area contributed by atoms with Crippen LogP contribution in [0.1, 0.15) is 49.9 Å². The molecule has 0 aromatic heterocycles. The van der Waals surface area contributed by atoms with Gasteiger partial charge in [0.15, 0.2) is 0 Å². The lowest BCUT2D eigenvalue weighted by atomic mass is 9.97. The van der Waals surface area contributed by atoms with Crippen LogP contribution in [0.2, 0.25) is 0 Å². The van der Waals surface area contributed by atoms with E-state index in [2.05, 4.69) is 139 Å². The van der Waals surface area contributed by atoms with Gasteiger partial charge in [0, 0.05) is 52.5 Å². The van der Waals surface area contributed by atoms with E-state index in [4.69, 9.17) is 14.2 Å². The molecule has 58 heavy (non-hydrogen) atoms. The zero-order chi connectivity index (χ0) is 41.2. The first-order valence-electron chi connectivity index (χ1n) is 19.6. The van der Waals surface area contributed by atoms with Crippen molar-refractivity contribution in [1.29, 1.82) is 0 Å². The van der Waals surface area contributed by atoms with E-state index in [0.717, 1.165) is 51.0 Å². The predicted octanol–water partition coefficient (Wildman–Crippen LogP) is 12.8. The van der Waals surface area contributed by atoms with E-state index < -0.39 is 5.41 Å².